The molecule has 0 aliphatic heterocycles. The molecule has 41 heavy (non-hydrogen) atoms. The van der Waals surface area contributed by atoms with Crippen molar-refractivity contribution in [2.24, 2.45) is 5.41 Å². The molecule has 2 amide bonds. The Morgan fingerprint density at radius 2 is 1.12 bits per heavy atom. The van der Waals surface area contributed by atoms with Gasteiger partial charge in [0.1, 0.15) is 6.61 Å². The zero-order chi connectivity index (χ0) is 31.6. The molecule has 0 heterocycles. The van der Waals surface area contributed by atoms with Gasteiger partial charge in [-0.25, -0.2) is 0 Å². The van der Waals surface area contributed by atoms with Crippen LogP contribution in [-0.4, -0.2) is 121 Å². The Kier molecular flexibility index (Phi) is 18.4. The summed E-state index contributed by atoms with van der Waals surface area (Å²) in [6, 6.07) is 0. The fourth-order valence-electron chi connectivity index (χ4n) is 3.61. The predicted octanol–water partition coefficient (Wildman–Crippen LogP) is 3.51. The first-order valence-electron chi connectivity index (χ1n) is 12.5. The lowest BCUT2D eigenvalue weighted by Gasteiger charge is -2.35. The minimum absolute atomic E-state index is 0.0516. The fraction of sp³-hybridized carbons (Fsp3) is 0.913. The normalized spacial score (nSPS) is 13.0. The maximum absolute atomic E-state index is 12.9. The van der Waals surface area contributed by atoms with Gasteiger partial charge < -0.3 is 33.9 Å². The second-order valence-corrected chi connectivity index (χ2v) is 8.96. The molecular weight excluding hydrogens is 587 g/mol. The molecule has 1 N–H and O–H groups in total. The molecule has 0 aliphatic carbocycles. The van der Waals surface area contributed by atoms with Crippen molar-refractivity contribution in [3.05, 3.63) is 0 Å². The second kappa shape index (κ2) is 19.3. The Hall–Kier alpha value is -1.89. The van der Waals surface area contributed by atoms with Crippen LogP contribution in [0.25, 0.3) is 0 Å². The lowest BCUT2D eigenvalue weighted by atomic mass is 9.78. The molecule has 0 radical (unpaired) electrons. The minimum atomic E-state index is -5.37. The average Bonchev–Trinajstić information content (AvgIpc) is 2.79. The van der Waals surface area contributed by atoms with E-state index in [-0.39, 0.29) is 32.9 Å². The second-order valence-electron chi connectivity index (χ2n) is 8.96. The predicted molar refractivity (Wildman–Crippen MR) is 125 cm³/mol. The number of hydrogen-bond acceptors (Lipinski definition) is 7. The first-order chi connectivity index (χ1) is 18.9. The first kappa shape index (κ1) is 39.1. The molecule has 0 saturated carbocycles. The molecule has 0 aromatic rings. The standard InChI is InChI=1S/C23H37F9N2O7/c1-3-34(12-18(35)33-4-5-38-8-9-40-11-10-39-7-6-37-2)19(36)13-41-17-20(14-21(24,25)26,15-22(27,28)29)16-23(30,31)32/h3-17H2,1-2H3,(H,33,35). The van der Waals surface area contributed by atoms with E-state index in [4.69, 9.17) is 18.9 Å². The summed E-state index contributed by atoms with van der Waals surface area (Å²) in [4.78, 5) is 25.3. The van der Waals surface area contributed by atoms with Crippen LogP contribution < -0.4 is 5.32 Å². The van der Waals surface area contributed by atoms with Crippen molar-refractivity contribution in [2.45, 2.75) is 44.7 Å². The Bertz CT molecular complexity index is 695. The van der Waals surface area contributed by atoms with Crippen molar-refractivity contribution in [1.29, 1.82) is 0 Å². The summed E-state index contributed by atoms with van der Waals surface area (Å²) in [5, 5.41) is 2.44. The van der Waals surface area contributed by atoms with Crippen molar-refractivity contribution < 1.29 is 72.8 Å². The molecule has 0 aliphatic rings. The summed E-state index contributed by atoms with van der Waals surface area (Å²) in [5.41, 5.74) is -3.42. The van der Waals surface area contributed by atoms with Gasteiger partial charge >= 0.3 is 18.5 Å². The van der Waals surface area contributed by atoms with E-state index in [1.165, 1.54) is 6.92 Å². The topological polar surface area (TPSA) is 95.6 Å². The summed E-state index contributed by atoms with van der Waals surface area (Å²) < 4.78 is 142. The van der Waals surface area contributed by atoms with Gasteiger partial charge in [-0.1, -0.05) is 0 Å². The molecule has 0 saturated heterocycles. The highest BCUT2D eigenvalue weighted by atomic mass is 19.4. The van der Waals surface area contributed by atoms with E-state index in [1.807, 2.05) is 0 Å². The molecular formula is C23H37F9N2O7. The number of rotatable bonds is 22. The van der Waals surface area contributed by atoms with E-state index in [0.717, 1.165) is 4.90 Å². The van der Waals surface area contributed by atoms with Crippen molar-refractivity contribution in [3.63, 3.8) is 0 Å². The van der Waals surface area contributed by atoms with Gasteiger partial charge in [0, 0.05) is 25.6 Å². The Balaban J connectivity index is 4.63. The molecule has 0 rings (SSSR count). The van der Waals surface area contributed by atoms with Crippen molar-refractivity contribution in [3.8, 4) is 0 Å². The van der Waals surface area contributed by atoms with E-state index in [9.17, 15) is 49.1 Å². The number of nitrogens with zero attached hydrogens (tertiary/aromatic N) is 1. The van der Waals surface area contributed by atoms with Crippen LogP contribution in [0.1, 0.15) is 26.2 Å². The van der Waals surface area contributed by atoms with E-state index in [2.05, 4.69) is 10.1 Å². The zero-order valence-electron chi connectivity index (χ0n) is 22.8. The number of halogens is 9. The molecule has 0 aromatic heterocycles. The number of hydrogen-bond donors (Lipinski definition) is 1. The van der Waals surface area contributed by atoms with Gasteiger partial charge in [0.25, 0.3) is 0 Å². The summed E-state index contributed by atoms with van der Waals surface area (Å²) in [5.74, 6) is -1.67. The number of carbonyl (C=O) groups excluding carboxylic acids is 2. The molecule has 0 aromatic carbocycles. The summed E-state index contributed by atoms with van der Waals surface area (Å²) in [6.45, 7) is 0.318. The highest BCUT2D eigenvalue weighted by Crippen LogP contribution is 2.48. The Morgan fingerprint density at radius 3 is 1.54 bits per heavy atom. The van der Waals surface area contributed by atoms with Crippen LogP contribution in [0.4, 0.5) is 39.5 Å². The lowest BCUT2D eigenvalue weighted by Crippen LogP contribution is -2.44. The summed E-state index contributed by atoms with van der Waals surface area (Å²) >= 11 is 0. The van der Waals surface area contributed by atoms with Crippen molar-refractivity contribution in [1.82, 2.24) is 10.2 Å². The number of carbonyl (C=O) groups is 2. The average molecular weight is 625 g/mol. The van der Waals surface area contributed by atoms with Crippen molar-refractivity contribution >= 4 is 11.8 Å². The van der Waals surface area contributed by atoms with Gasteiger partial charge in [-0.05, 0) is 6.92 Å². The highest BCUT2D eigenvalue weighted by molar-refractivity contribution is 5.85. The Morgan fingerprint density at radius 1 is 0.683 bits per heavy atom. The molecule has 0 bridgehead atoms. The van der Waals surface area contributed by atoms with Gasteiger partial charge in [-0.2, -0.15) is 39.5 Å². The molecule has 0 unspecified atom stereocenters. The van der Waals surface area contributed by atoms with E-state index in [1.54, 1.807) is 7.11 Å². The van der Waals surface area contributed by atoms with Crippen LogP contribution in [0, 0.1) is 5.41 Å². The summed E-state index contributed by atoms with van der Waals surface area (Å²) in [6.07, 6.45) is -23.4. The molecule has 244 valence electrons. The van der Waals surface area contributed by atoms with Gasteiger partial charge in [0.05, 0.1) is 78.7 Å². The summed E-state index contributed by atoms with van der Waals surface area (Å²) in [7, 11) is 1.55. The largest absolute Gasteiger partial charge is 0.389 e. The Labute approximate surface area is 231 Å². The smallest absolute Gasteiger partial charge is 0.382 e. The zero-order valence-corrected chi connectivity index (χ0v) is 22.8. The lowest BCUT2D eigenvalue weighted by molar-refractivity contribution is -0.235. The fourth-order valence-corrected chi connectivity index (χ4v) is 3.61. The first-order valence-corrected chi connectivity index (χ1v) is 12.5. The third kappa shape index (κ3) is 22.4. The maximum Gasteiger partial charge on any atom is 0.389 e. The molecule has 0 fully saturated rings. The van der Waals surface area contributed by atoms with Gasteiger partial charge in [-0.15, -0.1) is 0 Å². The van der Waals surface area contributed by atoms with Crippen LogP contribution in [0.3, 0.4) is 0 Å². The number of nitrogens with one attached hydrogen (secondary N) is 1. The van der Waals surface area contributed by atoms with Crippen LogP contribution >= 0.6 is 0 Å². The SMILES string of the molecule is CCN(CC(=O)NCCOCCOCCOCCOC)C(=O)COCC(CC(F)(F)F)(CC(F)(F)F)CC(F)(F)F. The monoisotopic (exact) mass is 624 g/mol. The molecule has 18 heteroatoms. The van der Waals surface area contributed by atoms with Crippen LogP contribution in [0.2, 0.25) is 0 Å². The molecule has 9 nitrogen and oxygen atoms in total. The van der Waals surface area contributed by atoms with Gasteiger partial charge in [0.15, 0.2) is 0 Å². The van der Waals surface area contributed by atoms with E-state index in [0.29, 0.717) is 26.4 Å². The van der Waals surface area contributed by atoms with Gasteiger partial charge in [-0.3, -0.25) is 9.59 Å². The highest BCUT2D eigenvalue weighted by Gasteiger charge is 2.54. The van der Waals surface area contributed by atoms with Crippen LogP contribution in [-0.2, 0) is 33.3 Å². The minimum Gasteiger partial charge on any atom is -0.382 e. The number of likely N-dealkylation sites (N-methyl/N-ethyl adjacent to an activating group) is 1. The van der Waals surface area contributed by atoms with E-state index >= 15 is 0 Å². The van der Waals surface area contributed by atoms with Gasteiger partial charge in [0.2, 0.25) is 11.8 Å². The molecule has 0 atom stereocenters. The third-order valence-electron chi connectivity index (χ3n) is 5.17. The van der Waals surface area contributed by atoms with Crippen molar-refractivity contribution in [2.75, 3.05) is 86.2 Å². The third-order valence-corrected chi connectivity index (χ3v) is 5.17. The van der Waals surface area contributed by atoms with Crippen LogP contribution in [0.15, 0.2) is 0 Å². The quantitative estimate of drug-likeness (QED) is 0.146. The maximum atomic E-state index is 12.9. The van der Waals surface area contributed by atoms with E-state index < -0.39 is 74.8 Å². The van der Waals surface area contributed by atoms with Crippen LogP contribution in [0.5, 0.6) is 0 Å². The number of ether oxygens (including phenoxy) is 5. The number of alkyl halides is 9. The number of methoxy groups -OCH3 is 1. The molecule has 0 spiro atoms. The number of amides is 2.